The maximum Gasteiger partial charge on any atom is 0.269 e. The summed E-state index contributed by atoms with van der Waals surface area (Å²) in [7, 11) is -3.74. The van der Waals surface area contributed by atoms with Gasteiger partial charge in [0, 0.05) is 18.7 Å². The smallest absolute Gasteiger partial charge is 0.269 e. The van der Waals surface area contributed by atoms with Gasteiger partial charge in [-0.05, 0) is 23.3 Å². The minimum absolute atomic E-state index is 0.00320. The molecule has 2 aromatic carbocycles. The van der Waals surface area contributed by atoms with Gasteiger partial charge < -0.3 is 5.32 Å². The number of nitrogens with one attached hydrogen (secondary N) is 1. The molecular formula is C15H15N3O5S. The molecule has 0 radical (unpaired) electrons. The lowest BCUT2D eigenvalue weighted by Crippen LogP contribution is -2.24. The summed E-state index contributed by atoms with van der Waals surface area (Å²) in [6.07, 6.45) is 0.0905. The maximum absolute atomic E-state index is 11.9. The second-order valence-electron chi connectivity index (χ2n) is 5.07. The third-order valence-corrected chi connectivity index (χ3v) is 4.18. The molecule has 0 aliphatic rings. The number of amides is 1. The minimum atomic E-state index is -3.74. The van der Waals surface area contributed by atoms with Crippen LogP contribution in [-0.4, -0.2) is 19.2 Å². The molecule has 0 unspecified atom stereocenters. The Kier molecular flexibility index (Phi) is 5.27. The van der Waals surface area contributed by atoms with E-state index in [0.29, 0.717) is 5.56 Å². The first-order chi connectivity index (χ1) is 11.3. The van der Waals surface area contributed by atoms with E-state index in [0.717, 1.165) is 5.56 Å². The molecule has 0 atom stereocenters. The lowest BCUT2D eigenvalue weighted by atomic mass is 10.1. The monoisotopic (exact) mass is 349 g/mol. The number of nitro benzene ring substituents is 1. The standard InChI is InChI=1S/C15H15N3O5S/c16-24(22,23)14-7-3-12(4-8-14)10-17-15(19)9-11-1-5-13(6-2-11)18(20)21/h1-8H,9-10H2,(H,17,19)(H2,16,22,23). The number of sulfonamides is 1. The van der Waals surface area contributed by atoms with Crippen LogP contribution in [0, 0.1) is 10.1 Å². The third-order valence-electron chi connectivity index (χ3n) is 3.25. The van der Waals surface area contributed by atoms with Crippen LogP contribution in [0.1, 0.15) is 11.1 Å². The van der Waals surface area contributed by atoms with E-state index in [1.165, 1.54) is 36.4 Å². The van der Waals surface area contributed by atoms with E-state index in [1.54, 1.807) is 12.1 Å². The number of rotatable bonds is 6. The summed E-state index contributed by atoms with van der Waals surface area (Å²) in [6.45, 7) is 0.233. The highest BCUT2D eigenvalue weighted by Crippen LogP contribution is 2.12. The largest absolute Gasteiger partial charge is 0.352 e. The molecule has 8 nitrogen and oxygen atoms in total. The predicted octanol–water partition coefficient (Wildman–Crippen LogP) is 1.10. The average Bonchev–Trinajstić information content (AvgIpc) is 2.53. The molecule has 0 saturated carbocycles. The number of carbonyl (C=O) groups is 1. The van der Waals surface area contributed by atoms with E-state index < -0.39 is 14.9 Å². The second kappa shape index (κ2) is 7.20. The summed E-state index contributed by atoms with van der Waals surface area (Å²) in [5, 5.41) is 18.3. The summed E-state index contributed by atoms with van der Waals surface area (Å²) < 4.78 is 22.3. The zero-order chi connectivity index (χ0) is 17.7. The summed E-state index contributed by atoms with van der Waals surface area (Å²) in [6, 6.07) is 11.6. The fraction of sp³-hybridized carbons (Fsp3) is 0.133. The van der Waals surface area contributed by atoms with Crippen LogP contribution in [0.5, 0.6) is 0 Å². The normalized spacial score (nSPS) is 11.0. The van der Waals surface area contributed by atoms with Crippen LogP contribution in [-0.2, 0) is 27.8 Å². The molecule has 126 valence electrons. The number of nitro groups is 1. The third kappa shape index (κ3) is 4.86. The van der Waals surface area contributed by atoms with Gasteiger partial charge in [-0.1, -0.05) is 24.3 Å². The van der Waals surface area contributed by atoms with Gasteiger partial charge in [-0.3, -0.25) is 14.9 Å². The molecule has 0 spiro atoms. The molecule has 0 fully saturated rings. The zero-order valence-corrected chi connectivity index (χ0v) is 13.3. The fourth-order valence-corrected chi connectivity index (χ4v) is 2.50. The lowest BCUT2D eigenvalue weighted by Gasteiger charge is -2.06. The van der Waals surface area contributed by atoms with Crippen molar-refractivity contribution in [3.63, 3.8) is 0 Å². The molecule has 2 aromatic rings. The van der Waals surface area contributed by atoms with Gasteiger partial charge in [-0.15, -0.1) is 0 Å². The Balaban J connectivity index is 1.90. The van der Waals surface area contributed by atoms with E-state index in [9.17, 15) is 23.3 Å². The van der Waals surface area contributed by atoms with Crippen molar-refractivity contribution >= 4 is 21.6 Å². The van der Waals surface area contributed by atoms with Crippen molar-refractivity contribution in [2.75, 3.05) is 0 Å². The van der Waals surface area contributed by atoms with Crippen molar-refractivity contribution < 1.29 is 18.1 Å². The minimum Gasteiger partial charge on any atom is -0.352 e. The van der Waals surface area contributed by atoms with Gasteiger partial charge in [-0.2, -0.15) is 0 Å². The molecule has 0 bridgehead atoms. The molecule has 0 saturated heterocycles. The lowest BCUT2D eigenvalue weighted by molar-refractivity contribution is -0.384. The molecule has 2 rings (SSSR count). The Morgan fingerprint density at radius 1 is 1.04 bits per heavy atom. The summed E-state index contributed by atoms with van der Waals surface area (Å²) in [4.78, 5) is 21.9. The number of nitrogens with zero attached hydrogens (tertiary/aromatic N) is 1. The first-order valence-corrected chi connectivity index (χ1v) is 8.42. The highest BCUT2D eigenvalue weighted by Gasteiger charge is 2.09. The van der Waals surface area contributed by atoms with Gasteiger partial charge in [0.25, 0.3) is 5.69 Å². The van der Waals surface area contributed by atoms with Crippen LogP contribution in [0.25, 0.3) is 0 Å². The van der Waals surface area contributed by atoms with E-state index >= 15 is 0 Å². The van der Waals surface area contributed by atoms with E-state index in [1.807, 2.05) is 0 Å². The number of hydrogen-bond acceptors (Lipinski definition) is 5. The number of benzene rings is 2. The molecule has 0 aliphatic heterocycles. The van der Waals surface area contributed by atoms with Crippen LogP contribution >= 0.6 is 0 Å². The molecule has 1 amide bonds. The van der Waals surface area contributed by atoms with Crippen LogP contribution in [0.4, 0.5) is 5.69 Å². The van der Waals surface area contributed by atoms with E-state index in [-0.39, 0.29) is 29.5 Å². The highest BCUT2D eigenvalue weighted by molar-refractivity contribution is 7.89. The molecule has 0 aliphatic carbocycles. The van der Waals surface area contributed by atoms with Crippen molar-refractivity contribution in [1.82, 2.24) is 5.32 Å². The van der Waals surface area contributed by atoms with Gasteiger partial charge in [0.1, 0.15) is 0 Å². The number of carbonyl (C=O) groups excluding carboxylic acids is 1. The molecule has 3 N–H and O–H groups in total. The van der Waals surface area contributed by atoms with E-state index in [4.69, 9.17) is 5.14 Å². The molecular weight excluding hydrogens is 334 g/mol. The SMILES string of the molecule is NS(=O)(=O)c1ccc(CNC(=O)Cc2ccc([N+](=O)[O-])cc2)cc1. The zero-order valence-electron chi connectivity index (χ0n) is 12.5. The van der Waals surface area contributed by atoms with Crippen molar-refractivity contribution in [2.24, 2.45) is 5.14 Å². The Morgan fingerprint density at radius 2 is 1.58 bits per heavy atom. The van der Waals surface area contributed by atoms with Gasteiger partial charge in [0.2, 0.25) is 15.9 Å². The number of hydrogen-bond donors (Lipinski definition) is 2. The second-order valence-corrected chi connectivity index (χ2v) is 6.63. The predicted molar refractivity (Wildman–Crippen MR) is 86.5 cm³/mol. The summed E-state index contributed by atoms with van der Waals surface area (Å²) >= 11 is 0. The number of nitrogens with two attached hydrogens (primary N) is 1. The number of primary sulfonamides is 1. The van der Waals surface area contributed by atoms with Crippen molar-refractivity contribution in [3.05, 3.63) is 69.8 Å². The van der Waals surface area contributed by atoms with Crippen LogP contribution in [0.15, 0.2) is 53.4 Å². The van der Waals surface area contributed by atoms with Gasteiger partial charge in [-0.25, -0.2) is 13.6 Å². The van der Waals surface area contributed by atoms with Gasteiger partial charge in [0.05, 0.1) is 16.2 Å². The molecule has 9 heteroatoms. The molecule has 24 heavy (non-hydrogen) atoms. The topological polar surface area (TPSA) is 132 Å². The van der Waals surface area contributed by atoms with Gasteiger partial charge in [0.15, 0.2) is 0 Å². The Hall–Kier alpha value is -2.78. The first-order valence-electron chi connectivity index (χ1n) is 6.87. The van der Waals surface area contributed by atoms with Crippen molar-refractivity contribution in [1.29, 1.82) is 0 Å². The molecule has 0 heterocycles. The van der Waals surface area contributed by atoms with E-state index in [2.05, 4.69) is 5.32 Å². The fourth-order valence-electron chi connectivity index (χ4n) is 1.98. The average molecular weight is 349 g/mol. The highest BCUT2D eigenvalue weighted by atomic mass is 32.2. The van der Waals surface area contributed by atoms with Gasteiger partial charge >= 0.3 is 0 Å². The number of non-ortho nitro benzene ring substituents is 1. The molecule has 0 aromatic heterocycles. The van der Waals surface area contributed by atoms with Crippen molar-refractivity contribution in [3.8, 4) is 0 Å². The van der Waals surface area contributed by atoms with Crippen molar-refractivity contribution in [2.45, 2.75) is 17.9 Å². The quantitative estimate of drug-likeness (QED) is 0.595. The Morgan fingerprint density at radius 3 is 2.08 bits per heavy atom. The van der Waals surface area contributed by atoms with Crippen LogP contribution in [0.2, 0.25) is 0 Å². The first kappa shape index (κ1) is 17.6. The summed E-state index contributed by atoms with van der Waals surface area (Å²) in [5.74, 6) is -0.251. The van der Waals surface area contributed by atoms with Crippen LogP contribution < -0.4 is 10.5 Å². The Bertz CT molecular complexity index is 846. The maximum atomic E-state index is 11.9. The van der Waals surface area contributed by atoms with Crippen LogP contribution in [0.3, 0.4) is 0 Å². The summed E-state index contributed by atoms with van der Waals surface area (Å²) in [5.41, 5.74) is 1.34. The Labute approximate surface area is 138 Å².